The minimum absolute atomic E-state index is 0.628. The molecule has 3 aromatic heterocycles. The van der Waals surface area contributed by atoms with E-state index in [1.165, 1.54) is 0 Å². The van der Waals surface area contributed by atoms with Crippen LogP contribution in [-0.2, 0) is 0 Å². The molecule has 34 heavy (non-hydrogen) atoms. The second-order valence-electron chi connectivity index (χ2n) is 8.13. The van der Waals surface area contributed by atoms with Crippen molar-refractivity contribution in [1.82, 2.24) is 15.0 Å². The number of rotatable bonds is 3. The Bertz CT molecular complexity index is 1750. The van der Waals surface area contributed by atoms with E-state index >= 15 is 0 Å². The number of fused-ring (bicyclic) bond motifs is 4. The van der Waals surface area contributed by atoms with Crippen LogP contribution in [0.5, 0.6) is 0 Å². The summed E-state index contributed by atoms with van der Waals surface area (Å²) in [5.41, 5.74) is 6.48. The van der Waals surface area contributed by atoms with Crippen molar-refractivity contribution in [2.24, 2.45) is 0 Å². The molecule has 4 aromatic carbocycles. The molecule has 0 radical (unpaired) electrons. The van der Waals surface area contributed by atoms with Gasteiger partial charge in [0, 0.05) is 28.0 Å². The molecule has 0 aliphatic heterocycles. The Morgan fingerprint density at radius 3 is 1.91 bits per heavy atom. The lowest BCUT2D eigenvalue weighted by Gasteiger charge is -2.07. The van der Waals surface area contributed by atoms with Crippen molar-refractivity contribution in [2.45, 2.75) is 0 Å². The number of furan rings is 1. The molecule has 0 spiro atoms. The van der Waals surface area contributed by atoms with Crippen molar-refractivity contribution < 1.29 is 4.42 Å². The summed E-state index contributed by atoms with van der Waals surface area (Å²) in [6.07, 6.45) is 0. The Balaban J connectivity index is 1.43. The number of hydrogen-bond donors (Lipinski definition) is 0. The molecule has 0 bridgehead atoms. The first kappa shape index (κ1) is 19.1. The Labute approximate surface area is 199 Å². The van der Waals surface area contributed by atoms with E-state index in [0.717, 1.165) is 59.7 Å². The van der Waals surface area contributed by atoms with E-state index in [9.17, 15) is 0 Å². The molecule has 7 aromatic rings. The van der Waals surface area contributed by atoms with E-state index in [-0.39, 0.29) is 0 Å². The van der Waals surface area contributed by atoms with E-state index < -0.39 is 0 Å². The van der Waals surface area contributed by atoms with Crippen LogP contribution < -0.4 is 0 Å². The molecule has 0 aliphatic rings. The zero-order chi connectivity index (χ0) is 22.5. The average Bonchev–Trinajstić information content (AvgIpc) is 3.48. The SMILES string of the molecule is c1ccc(-c2cc(-c3ccccc3)nc(-c3nc4cc5oc6ccccc6c5cc4s3)n2)cc1. The molecule has 3 heterocycles. The molecule has 0 fully saturated rings. The maximum absolute atomic E-state index is 6.06. The zero-order valence-electron chi connectivity index (χ0n) is 18.0. The Morgan fingerprint density at radius 1 is 0.559 bits per heavy atom. The number of nitrogens with zero attached hydrogens (tertiary/aromatic N) is 3. The molecule has 160 valence electrons. The summed E-state index contributed by atoms with van der Waals surface area (Å²) in [5, 5.41) is 3.01. The fourth-order valence-electron chi connectivity index (χ4n) is 4.30. The van der Waals surface area contributed by atoms with Gasteiger partial charge in [0.15, 0.2) is 10.8 Å². The second-order valence-corrected chi connectivity index (χ2v) is 9.16. The van der Waals surface area contributed by atoms with Gasteiger partial charge >= 0.3 is 0 Å². The molecule has 4 nitrogen and oxygen atoms in total. The molecule has 0 N–H and O–H groups in total. The van der Waals surface area contributed by atoms with E-state index in [1.807, 2.05) is 66.7 Å². The highest BCUT2D eigenvalue weighted by Crippen LogP contribution is 2.37. The van der Waals surface area contributed by atoms with Gasteiger partial charge in [-0.1, -0.05) is 78.9 Å². The van der Waals surface area contributed by atoms with Gasteiger partial charge in [-0.3, -0.25) is 0 Å². The van der Waals surface area contributed by atoms with Crippen molar-refractivity contribution in [3.63, 3.8) is 0 Å². The average molecular weight is 456 g/mol. The number of benzene rings is 4. The number of aromatic nitrogens is 3. The third kappa shape index (κ3) is 3.17. The minimum atomic E-state index is 0.628. The number of hydrogen-bond acceptors (Lipinski definition) is 5. The number of thiazole rings is 1. The Kier molecular flexibility index (Phi) is 4.29. The highest BCUT2D eigenvalue weighted by molar-refractivity contribution is 7.21. The van der Waals surface area contributed by atoms with Crippen molar-refractivity contribution >= 4 is 43.5 Å². The molecule has 0 unspecified atom stereocenters. The van der Waals surface area contributed by atoms with Crippen LogP contribution in [0.1, 0.15) is 0 Å². The summed E-state index contributed by atoms with van der Waals surface area (Å²) in [5.74, 6) is 0.628. The summed E-state index contributed by atoms with van der Waals surface area (Å²) in [6.45, 7) is 0. The number of para-hydroxylation sites is 1. The smallest absolute Gasteiger partial charge is 0.189 e. The lowest BCUT2D eigenvalue weighted by Crippen LogP contribution is -1.95. The normalized spacial score (nSPS) is 11.5. The maximum atomic E-state index is 6.06. The summed E-state index contributed by atoms with van der Waals surface area (Å²) in [4.78, 5) is 14.7. The fourth-order valence-corrected chi connectivity index (χ4v) is 5.22. The molecule has 0 amide bonds. The predicted molar refractivity (Wildman–Crippen MR) is 139 cm³/mol. The summed E-state index contributed by atoms with van der Waals surface area (Å²) < 4.78 is 7.15. The van der Waals surface area contributed by atoms with Gasteiger partial charge in [-0.2, -0.15) is 0 Å². The van der Waals surface area contributed by atoms with Gasteiger partial charge in [-0.15, -0.1) is 11.3 Å². The quantitative estimate of drug-likeness (QED) is 0.271. The first-order valence-electron chi connectivity index (χ1n) is 11.0. The highest BCUT2D eigenvalue weighted by Gasteiger charge is 2.16. The van der Waals surface area contributed by atoms with Gasteiger partial charge in [0.05, 0.1) is 21.6 Å². The summed E-state index contributed by atoms with van der Waals surface area (Å²) in [7, 11) is 0. The van der Waals surface area contributed by atoms with E-state index in [0.29, 0.717) is 5.82 Å². The highest BCUT2D eigenvalue weighted by atomic mass is 32.1. The van der Waals surface area contributed by atoms with Crippen LogP contribution >= 0.6 is 11.3 Å². The lowest BCUT2D eigenvalue weighted by atomic mass is 10.1. The predicted octanol–water partition coefficient (Wildman–Crippen LogP) is 7.99. The zero-order valence-corrected chi connectivity index (χ0v) is 18.8. The maximum Gasteiger partial charge on any atom is 0.189 e. The van der Waals surface area contributed by atoms with Crippen molar-refractivity contribution in [2.75, 3.05) is 0 Å². The minimum Gasteiger partial charge on any atom is -0.456 e. The summed E-state index contributed by atoms with van der Waals surface area (Å²) in [6, 6.07) is 34.7. The molecule has 0 saturated heterocycles. The van der Waals surface area contributed by atoms with Gasteiger partial charge < -0.3 is 4.42 Å². The Hall–Kier alpha value is -4.35. The molecular weight excluding hydrogens is 438 g/mol. The van der Waals surface area contributed by atoms with E-state index in [4.69, 9.17) is 19.4 Å². The van der Waals surface area contributed by atoms with Gasteiger partial charge in [0.1, 0.15) is 11.2 Å². The molecule has 5 heteroatoms. The topological polar surface area (TPSA) is 51.8 Å². The van der Waals surface area contributed by atoms with Gasteiger partial charge in [0.2, 0.25) is 0 Å². The van der Waals surface area contributed by atoms with Crippen molar-refractivity contribution in [1.29, 1.82) is 0 Å². The van der Waals surface area contributed by atoms with Crippen LogP contribution in [0.4, 0.5) is 0 Å². The van der Waals surface area contributed by atoms with Gasteiger partial charge in [0.25, 0.3) is 0 Å². The Morgan fingerprint density at radius 2 is 1.21 bits per heavy atom. The standard InChI is InChI=1S/C29H17N3OS/c1-3-9-18(10-4-1)22-16-23(19-11-5-2-6-12-19)31-28(30-22)29-32-24-17-26-21(15-27(24)34-29)20-13-7-8-14-25(20)33-26/h1-17H. The van der Waals surface area contributed by atoms with Crippen LogP contribution in [0.25, 0.3) is 65.5 Å². The van der Waals surface area contributed by atoms with Gasteiger partial charge in [-0.05, 0) is 18.2 Å². The fraction of sp³-hybridized carbons (Fsp3) is 0. The molecular formula is C29H17N3OS. The van der Waals surface area contributed by atoms with Crippen LogP contribution in [0, 0.1) is 0 Å². The van der Waals surface area contributed by atoms with Crippen LogP contribution in [-0.4, -0.2) is 15.0 Å². The van der Waals surface area contributed by atoms with Crippen LogP contribution in [0.2, 0.25) is 0 Å². The van der Waals surface area contributed by atoms with E-state index in [2.05, 4.69) is 36.4 Å². The summed E-state index contributed by atoms with van der Waals surface area (Å²) >= 11 is 1.61. The largest absolute Gasteiger partial charge is 0.456 e. The second kappa shape index (κ2) is 7.61. The van der Waals surface area contributed by atoms with Crippen LogP contribution in [0.15, 0.2) is 108 Å². The first-order valence-corrected chi connectivity index (χ1v) is 11.9. The van der Waals surface area contributed by atoms with Crippen molar-refractivity contribution in [3.8, 4) is 33.3 Å². The van der Waals surface area contributed by atoms with Gasteiger partial charge in [-0.25, -0.2) is 15.0 Å². The van der Waals surface area contributed by atoms with E-state index in [1.54, 1.807) is 11.3 Å². The molecule has 0 aliphatic carbocycles. The third-order valence-corrected chi connectivity index (χ3v) is 6.96. The monoisotopic (exact) mass is 455 g/mol. The van der Waals surface area contributed by atoms with Crippen LogP contribution in [0.3, 0.4) is 0 Å². The third-order valence-electron chi connectivity index (χ3n) is 5.94. The molecule has 0 atom stereocenters. The molecule has 0 saturated carbocycles. The van der Waals surface area contributed by atoms with Crippen molar-refractivity contribution in [3.05, 3.63) is 103 Å². The first-order chi connectivity index (χ1) is 16.8. The molecule has 7 rings (SSSR count). The lowest BCUT2D eigenvalue weighted by molar-refractivity contribution is 0.669.